The van der Waals surface area contributed by atoms with Crippen LogP contribution in [0.5, 0.6) is 0 Å². The van der Waals surface area contributed by atoms with Gasteiger partial charge in [-0.15, -0.1) is 0 Å². The van der Waals surface area contributed by atoms with E-state index in [1.165, 1.54) is 20.8 Å². The minimum atomic E-state index is -5.60. The second-order valence-corrected chi connectivity index (χ2v) is 18.1. The third kappa shape index (κ3) is 14.1. The number of nitrogen functional groups attached to an aromatic ring is 1. The highest BCUT2D eigenvalue weighted by Gasteiger charge is 2.50. The number of hydrogen-bond acceptors (Lipinski definition) is 20. The number of nitrogens with one attached hydrogen (secondary N) is 2. The molecule has 0 spiro atoms. The molecule has 0 aliphatic carbocycles. The summed E-state index contributed by atoms with van der Waals surface area (Å²) in [5, 5.41) is 43.7. The lowest BCUT2D eigenvalue weighted by atomic mass is 9.87. The molecule has 2 aromatic rings. The summed E-state index contributed by atoms with van der Waals surface area (Å²) in [4.78, 5) is 98.1. The van der Waals surface area contributed by atoms with Gasteiger partial charge in [0.15, 0.2) is 28.9 Å². The number of imidazole rings is 1. The smallest absolute Gasteiger partial charge is 0.479 e. The Bertz CT molecular complexity index is 1920. The molecule has 1 aliphatic heterocycles. The van der Waals surface area contributed by atoms with Crippen molar-refractivity contribution in [2.45, 2.75) is 63.9 Å². The van der Waals surface area contributed by atoms with Crippen LogP contribution in [-0.2, 0) is 55.5 Å². The topological polar surface area (TPSA) is 421 Å². The van der Waals surface area contributed by atoms with Crippen molar-refractivity contribution in [2.24, 2.45) is 11.3 Å². The van der Waals surface area contributed by atoms with Gasteiger partial charge in [0, 0.05) is 30.7 Å². The maximum Gasteiger partial charge on any atom is 0.481 e. The Labute approximate surface area is 326 Å². The van der Waals surface area contributed by atoms with E-state index in [2.05, 4.69) is 34.4 Å². The molecule has 0 aromatic carbocycles. The molecule has 1 saturated heterocycles. The number of aliphatic carboxylic acids is 1. The second kappa shape index (κ2) is 19.8. The minimum absolute atomic E-state index is 0.0129. The SMILES string of the molecule is CC(C(=O)SCCNC(=O)CCNC(=O)C(O)C(C)(C)COP(=O)(O)OP(=O)(O)OCC1OC(n2cnc3c(N)ncnc32)C(O)C1OP(=O)(O)O)C(O)C(=O)O. The molecule has 3 heterocycles. The molecular formula is C26H42N7O20P3S. The van der Waals surface area contributed by atoms with Gasteiger partial charge >= 0.3 is 29.4 Å². The first-order valence-corrected chi connectivity index (χ1v) is 21.7. The first kappa shape index (κ1) is 48.4. The number of nitrogens with two attached hydrogens (primary N) is 1. The number of aromatic nitrogens is 4. The molecule has 1 fully saturated rings. The van der Waals surface area contributed by atoms with E-state index >= 15 is 0 Å². The lowest BCUT2D eigenvalue weighted by molar-refractivity contribution is -0.151. The molecule has 2 amide bonds. The number of hydrogen-bond donors (Lipinski definition) is 11. The van der Waals surface area contributed by atoms with E-state index in [4.69, 9.17) is 24.6 Å². The third-order valence-corrected chi connectivity index (χ3v) is 12.0. The summed E-state index contributed by atoms with van der Waals surface area (Å²) in [5.41, 5.74) is 4.16. The number of aliphatic hydroxyl groups excluding tert-OH is 3. The average Bonchev–Trinajstić information content (AvgIpc) is 3.67. The van der Waals surface area contributed by atoms with E-state index in [-0.39, 0.29) is 42.2 Å². The fraction of sp³-hybridized carbons (Fsp3) is 0.654. The fourth-order valence-electron chi connectivity index (χ4n) is 4.76. The molecule has 0 radical (unpaired) electrons. The number of phosphoric ester groups is 3. The van der Waals surface area contributed by atoms with Crippen molar-refractivity contribution in [3.05, 3.63) is 12.7 Å². The van der Waals surface area contributed by atoms with Crippen LogP contribution in [0.15, 0.2) is 12.7 Å². The van der Waals surface area contributed by atoms with Crippen LogP contribution in [-0.4, -0.2) is 145 Å². The van der Waals surface area contributed by atoms with Crippen molar-refractivity contribution in [2.75, 3.05) is 37.8 Å². The van der Waals surface area contributed by atoms with E-state index < -0.39 is 108 Å². The summed E-state index contributed by atoms with van der Waals surface area (Å²) in [7, 11) is -16.5. The number of nitrogens with zero attached hydrogens (tertiary/aromatic N) is 4. The Morgan fingerprint density at radius 1 is 1.04 bits per heavy atom. The minimum Gasteiger partial charge on any atom is -0.479 e. The zero-order valence-electron chi connectivity index (χ0n) is 30.0. The molecule has 1 aliphatic rings. The van der Waals surface area contributed by atoms with E-state index in [9.17, 15) is 67.8 Å². The normalized spacial score (nSPS) is 22.6. The quantitative estimate of drug-likeness (QED) is 0.0439. The molecule has 0 bridgehead atoms. The molecule has 0 saturated carbocycles. The first-order chi connectivity index (χ1) is 26.2. The predicted octanol–water partition coefficient (Wildman–Crippen LogP) is -2.25. The second-order valence-electron chi connectivity index (χ2n) is 12.8. The number of thioether (sulfide) groups is 1. The summed E-state index contributed by atoms with van der Waals surface area (Å²) in [5.74, 6) is -4.35. The lowest BCUT2D eigenvalue weighted by Gasteiger charge is -2.30. The van der Waals surface area contributed by atoms with Crippen molar-refractivity contribution in [1.82, 2.24) is 30.2 Å². The van der Waals surface area contributed by atoms with Gasteiger partial charge < -0.3 is 61.1 Å². The zero-order chi connectivity index (χ0) is 43.1. The molecule has 9 unspecified atom stereocenters. The van der Waals surface area contributed by atoms with Crippen LogP contribution in [0.2, 0.25) is 0 Å². The number of phosphoric acid groups is 3. The molecule has 322 valence electrons. The van der Waals surface area contributed by atoms with Crippen molar-refractivity contribution >= 4 is 75.1 Å². The van der Waals surface area contributed by atoms with Crippen LogP contribution in [0.4, 0.5) is 5.82 Å². The third-order valence-electron chi connectivity index (χ3n) is 7.84. The van der Waals surface area contributed by atoms with Crippen molar-refractivity contribution in [1.29, 1.82) is 0 Å². The number of anilines is 1. The van der Waals surface area contributed by atoms with Gasteiger partial charge in [-0.2, -0.15) is 4.31 Å². The van der Waals surface area contributed by atoms with Crippen LogP contribution < -0.4 is 16.4 Å². The van der Waals surface area contributed by atoms with E-state index in [1.807, 2.05) is 0 Å². The van der Waals surface area contributed by atoms with Gasteiger partial charge in [-0.25, -0.2) is 33.4 Å². The van der Waals surface area contributed by atoms with Gasteiger partial charge in [0.1, 0.15) is 36.3 Å². The van der Waals surface area contributed by atoms with Crippen molar-refractivity contribution in [3.8, 4) is 0 Å². The Kier molecular flexibility index (Phi) is 16.8. The maximum absolute atomic E-state index is 12.7. The summed E-state index contributed by atoms with van der Waals surface area (Å²) in [6.45, 7) is 1.26. The lowest BCUT2D eigenvalue weighted by Crippen LogP contribution is -2.46. The van der Waals surface area contributed by atoms with Crippen LogP contribution >= 0.6 is 35.2 Å². The van der Waals surface area contributed by atoms with Crippen LogP contribution in [0, 0.1) is 11.3 Å². The van der Waals surface area contributed by atoms with Gasteiger partial charge in [0.25, 0.3) is 0 Å². The first-order valence-electron chi connectivity index (χ1n) is 16.2. The van der Waals surface area contributed by atoms with Crippen molar-refractivity contribution in [3.63, 3.8) is 0 Å². The summed E-state index contributed by atoms with van der Waals surface area (Å²) < 4.78 is 61.9. The predicted molar refractivity (Wildman–Crippen MR) is 190 cm³/mol. The number of amides is 2. The molecule has 9 atom stereocenters. The number of ether oxygens (including phenoxy) is 1. The highest BCUT2D eigenvalue weighted by molar-refractivity contribution is 8.13. The van der Waals surface area contributed by atoms with Gasteiger partial charge in [-0.05, 0) is 0 Å². The monoisotopic (exact) mass is 897 g/mol. The Morgan fingerprint density at radius 3 is 2.32 bits per heavy atom. The van der Waals surface area contributed by atoms with Gasteiger partial charge in [0.05, 0.1) is 25.5 Å². The molecule has 2 aromatic heterocycles. The molecule has 12 N–H and O–H groups in total. The van der Waals surface area contributed by atoms with Gasteiger partial charge in [0.2, 0.25) is 11.8 Å². The molecular weight excluding hydrogens is 855 g/mol. The number of carbonyl (C=O) groups excluding carboxylic acids is 3. The Balaban J connectivity index is 1.48. The van der Waals surface area contributed by atoms with Crippen LogP contribution in [0.1, 0.15) is 33.4 Å². The summed E-state index contributed by atoms with van der Waals surface area (Å²) >= 11 is 0.701. The molecule has 31 heteroatoms. The number of carbonyl (C=O) groups is 4. The standard InChI is InChI=1S/C26H42N7O20P3S/c1-12(16(35)24(39)40)25(41)57-7-6-28-14(34)4-5-29-22(38)19(37)26(2,3)9-50-56(47,48)53-55(45,46)49-8-13-18(52-54(42,43)44)17(36)23(51-13)33-11-32-15-20(27)30-10-31-21(15)33/h10-13,16-19,23,35-37H,4-9H2,1-3H3,(H,28,34)(H,29,38)(H,39,40)(H,45,46)(H,47,48)(H2,27,30,31)(H2,42,43,44). The Hall–Kier alpha value is -3.01. The Morgan fingerprint density at radius 2 is 1.68 bits per heavy atom. The number of carboxylic acid groups (broad SMARTS) is 1. The van der Waals surface area contributed by atoms with E-state index in [0.29, 0.717) is 11.8 Å². The number of aliphatic hydroxyl groups is 3. The molecule has 57 heavy (non-hydrogen) atoms. The molecule has 3 rings (SSSR count). The maximum atomic E-state index is 12.7. The van der Waals surface area contributed by atoms with Crippen LogP contribution in [0.25, 0.3) is 11.2 Å². The average molecular weight is 898 g/mol. The fourth-order valence-corrected chi connectivity index (χ4v) is 8.38. The van der Waals surface area contributed by atoms with Crippen molar-refractivity contribution < 1.29 is 95.5 Å². The number of fused-ring (bicyclic) bond motifs is 1. The number of carboxylic acids is 1. The van der Waals surface area contributed by atoms with Gasteiger partial charge in [-0.3, -0.25) is 32.5 Å². The highest BCUT2D eigenvalue weighted by Crippen LogP contribution is 2.61. The molecule has 27 nitrogen and oxygen atoms in total. The summed E-state index contributed by atoms with van der Waals surface area (Å²) in [6, 6.07) is 0. The largest absolute Gasteiger partial charge is 0.481 e. The zero-order valence-corrected chi connectivity index (χ0v) is 33.5. The van der Waals surface area contributed by atoms with E-state index in [0.717, 1.165) is 17.2 Å². The van der Waals surface area contributed by atoms with Gasteiger partial charge in [-0.1, -0.05) is 32.5 Å². The summed E-state index contributed by atoms with van der Waals surface area (Å²) in [6.07, 6.45) is -9.08. The van der Waals surface area contributed by atoms with Crippen LogP contribution in [0.3, 0.4) is 0 Å². The number of rotatable bonds is 22. The van der Waals surface area contributed by atoms with E-state index in [1.54, 1.807) is 0 Å². The highest BCUT2D eigenvalue weighted by atomic mass is 32.2.